The second kappa shape index (κ2) is 14.4. The Kier molecular flexibility index (Phi) is 11.7. The number of nitrogens with one attached hydrogen (secondary N) is 2. The summed E-state index contributed by atoms with van der Waals surface area (Å²) in [4.78, 5) is 60.0. The summed E-state index contributed by atoms with van der Waals surface area (Å²) in [6.07, 6.45) is 1.92. The topological polar surface area (TPSA) is 162 Å². The minimum Gasteiger partial charge on any atom is -0.467 e. The van der Waals surface area contributed by atoms with Crippen molar-refractivity contribution in [3.63, 3.8) is 0 Å². The molecule has 0 aromatic rings. The maximum atomic E-state index is 12.6. The zero-order valence-corrected chi connectivity index (χ0v) is 25.8. The Morgan fingerprint density at radius 3 is 2.44 bits per heavy atom. The number of rotatable bonds is 14. The number of hydrogen-bond donors (Lipinski definition) is 3. The monoisotopic (exact) mass is 616 g/mol. The molecule has 12 nitrogen and oxygen atoms in total. The van der Waals surface area contributed by atoms with Gasteiger partial charge in [-0.2, -0.15) is 0 Å². The normalized spacial score (nSPS) is 30.5. The highest BCUT2D eigenvalue weighted by Crippen LogP contribution is 2.59. The van der Waals surface area contributed by atoms with Crippen LogP contribution >= 0.6 is 24.4 Å². The smallest absolute Gasteiger partial charge is 0.414 e. The van der Waals surface area contributed by atoms with Gasteiger partial charge in [0.05, 0.1) is 31.5 Å². The van der Waals surface area contributed by atoms with E-state index in [1.807, 2.05) is 20.8 Å². The van der Waals surface area contributed by atoms with Crippen molar-refractivity contribution in [3.8, 4) is 0 Å². The first kappa shape index (κ1) is 33.4. The number of imide groups is 1. The van der Waals surface area contributed by atoms with Gasteiger partial charge in [-0.05, 0) is 40.0 Å². The largest absolute Gasteiger partial charge is 0.467 e. The molecule has 2 saturated heterocycles. The molecule has 0 aromatic carbocycles. The summed E-state index contributed by atoms with van der Waals surface area (Å²) in [6, 6.07) is -1.03. The highest BCUT2D eigenvalue weighted by molar-refractivity contribution is 8.00. The van der Waals surface area contributed by atoms with Gasteiger partial charge in [-0.15, -0.1) is 24.4 Å². The van der Waals surface area contributed by atoms with Gasteiger partial charge in [-0.1, -0.05) is 11.6 Å². The highest BCUT2D eigenvalue weighted by Gasteiger charge is 2.72. The van der Waals surface area contributed by atoms with Crippen LogP contribution in [0.1, 0.15) is 52.9 Å². The molecular weight excluding hydrogens is 576 g/mol. The maximum absolute atomic E-state index is 12.6. The standard InChI is InChI=1S/C27H40N2O10S2/c1-15(2)6-7-18-26(3,39-18)23-22(35-4)17(10-11-27(23)14-37-27)38-25(34)29-20(31)13-41-12-16(24(33)36-5)28-19(30)8-9-21(32)40/h6,16-18,22-23H,7-14H2,1-5H3,(H,28,30)(H,32,40)(H,29,31,34)/t16-,17+,18+,22+,23+,26-,27-/m0/s1. The van der Waals surface area contributed by atoms with Crippen molar-refractivity contribution < 1.29 is 47.7 Å². The quantitative estimate of drug-likeness (QED) is 0.113. The van der Waals surface area contributed by atoms with E-state index >= 15 is 0 Å². The van der Waals surface area contributed by atoms with E-state index in [4.69, 9.17) is 23.7 Å². The summed E-state index contributed by atoms with van der Waals surface area (Å²) in [5, 5.41) is 4.23. The molecule has 2 aliphatic heterocycles. The zero-order chi connectivity index (χ0) is 30.4. The maximum Gasteiger partial charge on any atom is 0.414 e. The van der Waals surface area contributed by atoms with Gasteiger partial charge in [0.15, 0.2) is 5.12 Å². The molecule has 41 heavy (non-hydrogen) atoms. The number of alkyl carbamates (subject to hydrolysis) is 1. The van der Waals surface area contributed by atoms with Crippen LogP contribution in [0.4, 0.5) is 4.79 Å². The van der Waals surface area contributed by atoms with Crippen molar-refractivity contribution in [1.82, 2.24) is 10.6 Å². The number of amides is 3. The predicted octanol–water partition coefficient (Wildman–Crippen LogP) is 1.94. The van der Waals surface area contributed by atoms with Crippen LogP contribution < -0.4 is 10.6 Å². The van der Waals surface area contributed by atoms with Crippen LogP contribution in [-0.4, -0.2) is 96.9 Å². The molecular formula is C27H40N2O10S2. The first-order valence-corrected chi connectivity index (χ1v) is 15.1. The number of methoxy groups -OCH3 is 2. The molecule has 0 bridgehead atoms. The van der Waals surface area contributed by atoms with Crippen molar-refractivity contribution in [1.29, 1.82) is 0 Å². The number of esters is 1. The molecule has 0 aromatic heterocycles. The fraction of sp³-hybridized carbons (Fsp3) is 0.741. The molecule has 3 rings (SSSR count). The fourth-order valence-corrected chi connectivity index (χ4v) is 6.40. The predicted molar refractivity (Wildman–Crippen MR) is 152 cm³/mol. The van der Waals surface area contributed by atoms with E-state index in [1.54, 1.807) is 7.11 Å². The number of hydrogen-bond acceptors (Lipinski definition) is 11. The Balaban J connectivity index is 1.50. The lowest BCUT2D eigenvalue weighted by Gasteiger charge is -2.42. The number of ether oxygens (including phenoxy) is 5. The van der Waals surface area contributed by atoms with Gasteiger partial charge < -0.3 is 29.0 Å². The molecule has 1 spiro atoms. The number of thioether (sulfide) groups is 1. The third-order valence-corrected chi connectivity index (χ3v) is 8.90. The van der Waals surface area contributed by atoms with Crippen molar-refractivity contribution in [2.24, 2.45) is 5.92 Å². The first-order chi connectivity index (χ1) is 19.3. The Morgan fingerprint density at radius 1 is 1.15 bits per heavy atom. The summed E-state index contributed by atoms with van der Waals surface area (Å²) in [7, 11) is 2.74. The number of allylic oxidation sites excluding steroid dienone is 1. The third-order valence-electron chi connectivity index (χ3n) is 7.64. The van der Waals surface area contributed by atoms with Gasteiger partial charge in [0.25, 0.3) is 0 Å². The van der Waals surface area contributed by atoms with E-state index in [9.17, 15) is 24.0 Å². The molecule has 1 saturated carbocycles. The van der Waals surface area contributed by atoms with Gasteiger partial charge in [0, 0.05) is 25.7 Å². The molecule has 2 N–H and O–H groups in total. The average Bonchev–Trinajstić information content (AvgIpc) is 3.82. The molecule has 14 heteroatoms. The van der Waals surface area contributed by atoms with E-state index < -0.39 is 52.8 Å². The summed E-state index contributed by atoms with van der Waals surface area (Å²) >= 11 is 4.63. The zero-order valence-electron chi connectivity index (χ0n) is 24.1. The van der Waals surface area contributed by atoms with Gasteiger partial charge in [0.2, 0.25) is 11.8 Å². The number of carbonyl (C=O) groups is 5. The Morgan fingerprint density at radius 2 is 1.85 bits per heavy atom. The van der Waals surface area contributed by atoms with E-state index in [1.165, 1.54) is 12.7 Å². The molecule has 3 amide bonds. The average molecular weight is 617 g/mol. The van der Waals surface area contributed by atoms with Crippen LogP contribution in [0.15, 0.2) is 11.6 Å². The van der Waals surface area contributed by atoms with Crippen LogP contribution in [-0.2, 0) is 42.9 Å². The molecule has 3 fully saturated rings. The van der Waals surface area contributed by atoms with Crippen molar-refractivity contribution in [3.05, 3.63) is 11.6 Å². The summed E-state index contributed by atoms with van der Waals surface area (Å²) in [5.41, 5.74) is 0.355. The minimum absolute atomic E-state index is 0.0105. The van der Waals surface area contributed by atoms with Crippen LogP contribution in [0.25, 0.3) is 0 Å². The molecule has 0 unspecified atom stereocenters. The van der Waals surface area contributed by atoms with E-state index in [0.29, 0.717) is 19.4 Å². The van der Waals surface area contributed by atoms with Crippen LogP contribution in [0, 0.1) is 5.92 Å². The van der Waals surface area contributed by atoms with Gasteiger partial charge >= 0.3 is 12.1 Å². The van der Waals surface area contributed by atoms with Crippen LogP contribution in [0.2, 0.25) is 0 Å². The van der Waals surface area contributed by atoms with Gasteiger partial charge in [-0.3, -0.25) is 19.7 Å². The van der Waals surface area contributed by atoms with E-state index in [2.05, 4.69) is 29.3 Å². The molecule has 3 aliphatic rings. The number of carbonyl (C=O) groups excluding carboxylic acids is 5. The van der Waals surface area contributed by atoms with Gasteiger partial charge in [0.1, 0.15) is 29.5 Å². The summed E-state index contributed by atoms with van der Waals surface area (Å²) in [5.74, 6) is -2.16. The summed E-state index contributed by atoms with van der Waals surface area (Å²) < 4.78 is 28.3. The third kappa shape index (κ3) is 8.93. The van der Waals surface area contributed by atoms with Crippen LogP contribution in [0.3, 0.4) is 0 Å². The number of epoxide rings is 2. The Hall–Kier alpha value is -2.13. The van der Waals surface area contributed by atoms with E-state index in [0.717, 1.165) is 18.2 Å². The lowest BCUT2D eigenvalue weighted by Crippen LogP contribution is -2.56. The van der Waals surface area contributed by atoms with Crippen LogP contribution in [0.5, 0.6) is 0 Å². The van der Waals surface area contributed by atoms with E-state index in [-0.39, 0.29) is 42.0 Å². The molecule has 0 radical (unpaired) electrons. The Labute approximate surface area is 249 Å². The molecule has 7 atom stereocenters. The minimum atomic E-state index is -1.03. The molecule has 230 valence electrons. The van der Waals surface area contributed by atoms with Gasteiger partial charge in [-0.25, -0.2) is 9.59 Å². The highest BCUT2D eigenvalue weighted by atomic mass is 32.2. The van der Waals surface area contributed by atoms with Crippen molar-refractivity contribution >= 4 is 53.4 Å². The van der Waals surface area contributed by atoms with Crippen molar-refractivity contribution in [2.45, 2.75) is 88.4 Å². The lowest BCUT2D eigenvalue weighted by atomic mass is 9.68. The fourth-order valence-electron chi connectivity index (χ4n) is 5.45. The summed E-state index contributed by atoms with van der Waals surface area (Å²) in [6.45, 7) is 6.72. The molecule has 1 aliphatic carbocycles. The Bertz CT molecular complexity index is 1050. The lowest BCUT2D eigenvalue weighted by molar-refractivity contribution is -0.144. The molecule has 2 heterocycles. The van der Waals surface area contributed by atoms with Crippen molar-refractivity contribution in [2.75, 3.05) is 32.3 Å². The number of thiol groups is 1. The SMILES string of the molecule is COC(=O)[C@H](CSCC(=O)NC(=O)O[C@@H]1CC[C@]2(CO2)[C@@H]([C@@]2(C)O[C@@H]2CC=C(C)C)[C@@H]1OC)NC(=O)CCC(=O)S. The first-order valence-electron chi connectivity index (χ1n) is 13.5. The second-order valence-electron chi connectivity index (χ2n) is 10.9. The second-order valence-corrected chi connectivity index (χ2v) is 12.5.